The topological polar surface area (TPSA) is 81.2 Å². The van der Waals surface area contributed by atoms with Gasteiger partial charge in [0.15, 0.2) is 0 Å². The molecular formula is C15H25N3O2. The van der Waals surface area contributed by atoms with Crippen LogP contribution in [0.2, 0.25) is 0 Å². The Morgan fingerprint density at radius 3 is 2.85 bits per heavy atom. The minimum absolute atomic E-state index is 0.0637. The third kappa shape index (κ3) is 3.39. The molecule has 1 heterocycles. The van der Waals surface area contributed by atoms with Crippen molar-refractivity contribution in [2.24, 2.45) is 11.7 Å². The smallest absolute Gasteiger partial charge is 0.223 e. The van der Waals surface area contributed by atoms with E-state index in [9.17, 15) is 4.79 Å². The summed E-state index contributed by atoms with van der Waals surface area (Å²) in [7, 11) is 0. The summed E-state index contributed by atoms with van der Waals surface area (Å²) in [6.45, 7) is 4.59. The van der Waals surface area contributed by atoms with Crippen LogP contribution in [0, 0.1) is 5.92 Å². The first-order chi connectivity index (χ1) is 9.65. The Balaban J connectivity index is 1.94. The second-order valence-electron chi connectivity index (χ2n) is 5.58. The van der Waals surface area contributed by atoms with Crippen molar-refractivity contribution in [3.05, 3.63) is 17.0 Å². The van der Waals surface area contributed by atoms with Crippen LogP contribution in [0.4, 0.5) is 0 Å². The van der Waals surface area contributed by atoms with Crippen LogP contribution in [0.1, 0.15) is 56.5 Å². The van der Waals surface area contributed by atoms with Crippen molar-refractivity contribution in [2.45, 2.75) is 65.0 Å². The number of hydrogen-bond acceptors (Lipinski definition) is 4. The fourth-order valence-electron chi connectivity index (χ4n) is 2.92. The van der Waals surface area contributed by atoms with Gasteiger partial charge in [0.25, 0.3) is 0 Å². The Morgan fingerprint density at radius 2 is 2.20 bits per heavy atom. The molecule has 2 unspecified atom stereocenters. The summed E-state index contributed by atoms with van der Waals surface area (Å²) in [4.78, 5) is 12.2. The first kappa shape index (κ1) is 15.0. The minimum Gasteiger partial charge on any atom is -0.361 e. The highest BCUT2D eigenvalue weighted by atomic mass is 16.5. The largest absolute Gasteiger partial charge is 0.361 e. The van der Waals surface area contributed by atoms with Crippen LogP contribution in [0.25, 0.3) is 0 Å². The van der Waals surface area contributed by atoms with Crippen LogP contribution in [0.15, 0.2) is 4.52 Å². The molecule has 5 heteroatoms. The molecule has 1 fully saturated rings. The molecule has 3 N–H and O–H groups in total. The van der Waals surface area contributed by atoms with E-state index in [0.717, 1.165) is 55.5 Å². The number of nitrogens with zero attached hydrogens (tertiary/aromatic N) is 1. The van der Waals surface area contributed by atoms with Crippen LogP contribution in [0.5, 0.6) is 0 Å². The van der Waals surface area contributed by atoms with Gasteiger partial charge in [-0.1, -0.05) is 25.4 Å². The van der Waals surface area contributed by atoms with Crippen molar-refractivity contribution in [1.29, 1.82) is 0 Å². The predicted molar refractivity (Wildman–Crippen MR) is 77.0 cm³/mol. The number of carbonyl (C=O) groups excluding carboxylic acids is 1. The maximum Gasteiger partial charge on any atom is 0.223 e. The van der Waals surface area contributed by atoms with Gasteiger partial charge in [-0.3, -0.25) is 4.79 Å². The average molecular weight is 279 g/mol. The highest BCUT2D eigenvalue weighted by Gasteiger charge is 2.25. The zero-order valence-electron chi connectivity index (χ0n) is 12.4. The molecule has 2 atom stereocenters. The maximum absolute atomic E-state index is 12.2. The van der Waals surface area contributed by atoms with Crippen LogP contribution in [-0.4, -0.2) is 17.1 Å². The third-order valence-electron chi connectivity index (χ3n) is 4.13. The van der Waals surface area contributed by atoms with Gasteiger partial charge in [-0.2, -0.15) is 0 Å². The number of aryl methyl sites for hydroxylation is 2. The molecule has 0 aliphatic heterocycles. The molecule has 1 aromatic rings. The van der Waals surface area contributed by atoms with Gasteiger partial charge in [-0.25, -0.2) is 0 Å². The number of nitrogens with two attached hydrogens (primary N) is 1. The molecule has 1 amide bonds. The molecule has 0 radical (unpaired) electrons. The van der Waals surface area contributed by atoms with E-state index in [1.165, 1.54) is 0 Å². The molecule has 1 aliphatic rings. The zero-order chi connectivity index (χ0) is 14.5. The fourth-order valence-corrected chi connectivity index (χ4v) is 2.92. The van der Waals surface area contributed by atoms with Gasteiger partial charge in [-0.05, 0) is 25.7 Å². The van der Waals surface area contributed by atoms with Gasteiger partial charge in [0.2, 0.25) is 5.91 Å². The van der Waals surface area contributed by atoms with E-state index in [4.69, 9.17) is 10.3 Å². The van der Waals surface area contributed by atoms with Crippen LogP contribution < -0.4 is 11.1 Å². The predicted octanol–water partition coefficient (Wildman–Crippen LogP) is 1.93. The maximum atomic E-state index is 12.2. The van der Waals surface area contributed by atoms with Crippen molar-refractivity contribution in [1.82, 2.24) is 10.5 Å². The number of carbonyl (C=O) groups is 1. The summed E-state index contributed by atoms with van der Waals surface area (Å²) in [5.74, 6) is 1.06. The lowest BCUT2D eigenvalue weighted by Gasteiger charge is -2.25. The number of aromatic nitrogens is 1. The van der Waals surface area contributed by atoms with Crippen LogP contribution in [-0.2, 0) is 24.2 Å². The Hall–Kier alpha value is -1.36. The highest BCUT2D eigenvalue weighted by molar-refractivity contribution is 5.78. The quantitative estimate of drug-likeness (QED) is 0.863. The molecule has 20 heavy (non-hydrogen) atoms. The van der Waals surface area contributed by atoms with Crippen molar-refractivity contribution in [3.63, 3.8) is 0 Å². The fraction of sp³-hybridized carbons (Fsp3) is 0.733. The SMILES string of the molecule is CCc1noc(CC)c1CNC(=O)C1CCCC(N)C1. The summed E-state index contributed by atoms with van der Waals surface area (Å²) in [6.07, 6.45) is 5.46. The van der Waals surface area contributed by atoms with E-state index in [1.807, 2.05) is 13.8 Å². The zero-order valence-corrected chi connectivity index (χ0v) is 12.4. The van der Waals surface area contributed by atoms with E-state index in [2.05, 4.69) is 10.5 Å². The summed E-state index contributed by atoms with van der Waals surface area (Å²) in [6, 6.07) is 0.174. The molecule has 1 saturated carbocycles. The monoisotopic (exact) mass is 279 g/mol. The Labute approximate surface area is 120 Å². The van der Waals surface area contributed by atoms with Gasteiger partial charge in [-0.15, -0.1) is 0 Å². The van der Waals surface area contributed by atoms with E-state index in [0.29, 0.717) is 6.54 Å². The van der Waals surface area contributed by atoms with Crippen LogP contribution in [0.3, 0.4) is 0 Å². The van der Waals surface area contributed by atoms with Crippen molar-refractivity contribution >= 4 is 5.91 Å². The molecule has 0 spiro atoms. The molecule has 1 aliphatic carbocycles. The van der Waals surface area contributed by atoms with Crippen molar-refractivity contribution in [3.8, 4) is 0 Å². The van der Waals surface area contributed by atoms with E-state index in [1.54, 1.807) is 0 Å². The average Bonchev–Trinajstić information content (AvgIpc) is 2.86. The molecule has 112 valence electrons. The number of rotatable bonds is 5. The van der Waals surface area contributed by atoms with Crippen molar-refractivity contribution in [2.75, 3.05) is 0 Å². The summed E-state index contributed by atoms with van der Waals surface area (Å²) in [5, 5.41) is 7.09. The minimum atomic E-state index is 0.0637. The summed E-state index contributed by atoms with van der Waals surface area (Å²) in [5.41, 5.74) is 7.93. The number of nitrogens with one attached hydrogen (secondary N) is 1. The molecule has 2 rings (SSSR count). The van der Waals surface area contributed by atoms with E-state index < -0.39 is 0 Å². The van der Waals surface area contributed by atoms with E-state index >= 15 is 0 Å². The third-order valence-corrected chi connectivity index (χ3v) is 4.13. The van der Waals surface area contributed by atoms with Crippen molar-refractivity contribution < 1.29 is 9.32 Å². The first-order valence-corrected chi connectivity index (χ1v) is 7.65. The summed E-state index contributed by atoms with van der Waals surface area (Å²) >= 11 is 0. The lowest BCUT2D eigenvalue weighted by molar-refractivity contribution is -0.126. The lowest BCUT2D eigenvalue weighted by atomic mass is 9.85. The van der Waals surface area contributed by atoms with Gasteiger partial charge in [0.05, 0.1) is 5.69 Å². The second-order valence-corrected chi connectivity index (χ2v) is 5.58. The molecule has 0 bridgehead atoms. The van der Waals surface area contributed by atoms with Gasteiger partial charge >= 0.3 is 0 Å². The van der Waals surface area contributed by atoms with Gasteiger partial charge < -0.3 is 15.6 Å². The molecule has 5 nitrogen and oxygen atoms in total. The standard InChI is InChI=1S/C15H25N3O2/c1-3-13-12(14(4-2)20-18-13)9-17-15(19)10-6-5-7-11(16)8-10/h10-11H,3-9,16H2,1-2H3,(H,17,19). The molecule has 0 saturated heterocycles. The van der Waals surface area contributed by atoms with E-state index in [-0.39, 0.29) is 17.9 Å². The Kier molecular flexibility index (Phi) is 5.17. The lowest BCUT2D eigenvalue weighted by Crippen LogP contribution is -2.37. The second kappa shape index (κ2) is 6.88. The summed E-state index contributed by atoms with van der Waals surface area (Å²) < 4.78 is 5.31. The highest BCUT2D eigenvalue weighted by Crippen LogP contribution is 2.23. The molecular weight excluding hydrogens is 254 g/mol. The van der Waals surface area contributed by atoms with Gasteiger partial charge in [0.1, 0.15) is 5.76 Å². The van der Waals surface area contributed by atoms with Crippen LogP contribution >= 0.6 is 0 Å². The number of hydrogen-bond donors (Lipinski definition) is 2. The Morgan fingerprint density at radius 1 is 1.40 bits per heavy atom. The number of amides is 1. The first-order valence-electron chi connectivity index (χ1n) is 7.65. The van der Waals surface area contributed by atoms with Gasteiger partial charge in [0, 0.05) is 30.5 Å². The molecule has 1 aromatic heterocycles. The molecule has 0 aromatic carbocycles. The Bertz CT molecular complexity index is 434. The normalized spacial score (nSPS) is 22.8.